The number of fused-ring (bicyclic) bond motifs is 2. The molecule has 2 aromatic rings. The van der Waals surface area contributed by atoms with Gasteiger partial charge in [-0.2, -0.15) is 0 Å². The van der Waals surface area contributed by atoms with E-state index in [9.17, 15) is 14.4 Å². The Labute approximate surface area is 188 Å². The predicted octanol–water partition coefficient (Wildman–Crippen LogP) is 3.29. The molecule has 2 unspecified atom stereocenters. The molecule has 1 aliphatic heterocycles. The van der Waals surface area contributed by atoms with Crippen molar-refractivity contribution in [2.24, 2.45) is 5.92 Å². The summed E-state index contributed by atoms with van der Waals surface area (Å²) in [5.74, 6) is 0.131. The van der Waals surface area contributed by atoms with Gasteiger partial charge >= 0.3 is 6.03 Å². The first kappa shape index (κ1) is 21.9. The zero-order valence-electron chi connectivity index (χ0n) is 18.7. The number of benzene rings is 2. The summed E-state index contributed by atoms with van der Waals surface area (Å²) in [5.41, 5.74) is 1.77. The highest BCUT2D eigenvalue weighted by molar-refractivity contribution is 6.09. The zero-order chi connectivity index (χ0) is 22.9. The minimum atomic E-state index is -1.07. The van der Waals surface area contributed by atoms with Gasteiger partial charge in [-0.15, -0.1) is 0 Å². The summed E-state index contributed by atoms with van der Waals surface area (Å²) in [6, 6.07) is 14.4. The first-order chi connectivity index (χ1) is 15.4. The summed E-state index contributed by atoms with van der Waals surface area (Å²) in [6.07, 6.45) is 2.21. The summed E-state index contributed by atoms with van der Waals surface area (Å²) in [5, 5.41) is 5.89. The summed E-state index contributed by atoms with van der Waals surface area (Å²) in [4.78, 5) is 40.1. The van der Waals surface area contributed by atoms with Crippen molar-refractivity contribution in [1.29, 1.82) is 0 Å². The van der Waals surface area contributed by atoms with Crippen molar-refractivity contribution in [2.75, 3.05) is 13.7 Å². The van der Waals surface area contributed by atoms with Crippen LogP contribution >= 0.6 is 0 Å². The van der Waals surface area contributed by atoms with Crippen molar-refractivity contribution >= 4 is 17.8 Å². The lowest BCUT2D eigenvalue weighted by molar-refractivity contribution is -0.136. The highest BCUT2D eigenvalue weighted by Crippen LogP contribution is 2.39. The van der Waals surface area contributed by atoms with Gasteiger partial charge in [-0.1, -0.05) is 50.2 Å². The highest BCUT2D eigenvalue weighted by Gasteiger charge is 2.54. The van der Waals surface area contributed by atoms with Crippen LogP contribution in [0.15, 0.2) is 48.5 Å². The Balaban J connectivity index is 1.51. The zero-order valence-corrected chi connectivity index (χ0v) is 18.7. The molecular formula is C25H29N3O4. The number of amides is 4. The van der Waals surface area contributed by atoms with Crippen LogP contribution in [0.1, 0.15) is 49.4 Å². The van der Waals surface area contributed by atoms with E-state index in [1.165, 1.54) is 0 Å². The number of carbonyl (C=O) groups excluding carboxylic acids is 3. The number of nitrogens with one attached hydrogen (secondary N) is 2. The number of methoxy groups -OCH3 is 1. The smallest absolute Gasteiger partial charge is 0.325 e. The molecule has 4 amide bonds. The van der Waals surface area contributed by atoms with E-state index in [-0.39, 0.29) is 30.3 Å². The van der Waals surface area contributed by atoms with Crippen molar-refractivity contribution in [2.45, 2.75) is 44.7 Å². The molecule has 0 radical (unpaired) electrons. The maximum atomic E-state index is 13.4. The van der Waals surface area contributed by atoms with Crippen LogP contribution in [0.5, 0.6) is 5.75 Å². The van der Waals surface area contributed by atoms with Crippen LogP contribution in [-0.2, 0) is 21.5 Å². The molecule has 2 N–H and O–H groups in total. The molecule has 1 spiro atoms. The number of imide groups is 1. The third kappa shape index (κ3) is 3.83. The van der Waals surface area contributed by atoms with Gasteiger partial charge in [-0.3, -0.25) is 14.5 Å². The monoisotopic (exact) mass is 435 g/mol. The standard InChI is InChI=1S/C25H29N3O4/c1-16(2)22(18-10-12-19(32-3)13-11-18)26-21(29)15-28-23(30)25(27-24(28)31)14-6-8-17-7-4-5-9-20(17)25/h4-5,7,9-13,16,22H,6,8,14-15H2,1-3H3,(H,26,29)(H,27,31). The number of nitrogens with zero attached hydrogens (tertiary/aromatic N) is 1. The van der Waals surface area contributed by atoms with Crippen LogP contribution < -0.4 is 15.4 Å². The molecule has 1 fully saturated rings. The van der Waals surface area contributed by atoms with Crippen molar-refractivity contribution < 1.29 is 19.1 Å². The van der Waals surface area contributed by atoms with Crippen LogP contribution in [0.4, 0.5) is 4.79 Å². The largest absolute Gasteiger partial charge is 0.497 e. The van der Waals surface area contributed by atoms with Crippen LogP contribution in [0, 0.1) is 5.92 Å². The minimum Gasteiger partial charge on any atom is -0.497 e. The second-order valence-corrected chi connectivity index (χ2v) is 8.80. The van der Waals surface area contributed by atoms with E-state index in [1.54, 1.807) is 7.11 Å². The summed E-state index contributed by atoms with van der Waals surface area (Å²) < 4.78 is 5.21. The molecule has 7 heteroatoms. The topological polar surface area (TPSA) is 87.7 Å². The second-order valence-electron chi connectivity index (χ2n) is 8.80. The number of aryl methyl sites for hydroxylation is 1. The molecule has 4 rings (SSSR count). The van der Waals surface area contributed by atoms with E-state index >= 15 is 0 Å². The van der Waals surface area contributed by atoms with E-state index in [4.69, 9.17) is 4.74 Å². The third-order valence-electron chi connectivity index (χ3n) is 6.41. The number of carbonyl (C=O) groups is 3. The fraction of sp³-hybridized carbons (Fsp3) is 0.400. The van der Waals surface area contributed by atoms with E-state index < -0.39 is 11.6 Å². The van der Waals surface area contributed by atoms with E-state index in [0.29, 0.717) is 6.42 Å². The van der Waals surface area contributed by atoms with Crippen LogP contribution in [0.2, 0.25) is 0 Å². The van der Waals surface area contributed by atoms with E-state index in [1.807, 2.05) is 62.4 Å². The van der Waals surface area contributed by atoms with Gasteiger partial charge in [0.15, 0.2) is 0 Å². The lowest BCUT2D eigenvalue weighted by Gasteiger charge is -2.33. The maximum absolute atomic E-state index is 13.4. The van der Waals surface area contributed by atoms with Crippen LogP contribution in [0.25, 0.3) is 0 Å². The van der Waals surface area contributed by atoms with Gasteiger partial charge < -0.3 is 15.4 Å². The summed E-state index contributed by atoms with van der Waals surface area (Å²) >= 11 is 0. The Kier molecular flexibility index (Phi) is 5.91. The quantitative estimate of drug-likeness (QED) is 0.682. The average molecular weight is 436 g/mol. The summed E-state index contributed by atoms with van der Waals surface area (Å²) in [7, 11) is 1.60. The fourth-order valence-electron chi connectivity index (χ4n) is 4.76. The van der Waals surface area contributed by atoms with Crippen molar-refractivity contribution in [3.05, 3.63) is 65.2 Å². The van der Waals surface area contributed by atoms with Crippen molar-refractivity contribution in [3.8, 4) is 5.75 Å². The Morgan fingerprint density at radius 3 is 2.56 bits per heavy atom. The van der Waals surface area contributed by atoms with Crippen LogP contribution in [0.3, 0.4) is 0 Å². The van der Waals surface area contributed by atoms with Gasteiger partial charge in [0, 0.05) is 0 Å². The lowest BCUT2D eigenvalue weighted by atomic mass is 9.76. The van der Waals surface area contributed by atoms with Gasteiger partial charge in [0.1, 0.15) is 17.8 Å². The Morgan fingerprint density at radius 1 is 1.16 bits per heavy atom. The Hall–Kier alpha value is -3.35. The molecule has 168 valence electrons. The fourth-order valence-corrected chi connectivity index (χ4v) is 4.76. The first-order valence-electron chi connectivity index (χ1n) is 11.0. The second kappa shape index (κ2) is 8.65. The molecule has 1 saturated heterocycles. The van der Waals surface area contributed by atoms with Crippen molar-refractivity contribution in [1.82, 2.24) is 15.5 Å². The lowest BCUT2D eigenvalue weighted by Crippen LogP contribution is -2.47. The molecule has 0 aromatic heterocycles. The number of ether oxygens (including phenoxy) is 1. The number of rotatable bonds is 6. The molecule has 0 saturated carbocycles. The molecule has 2 aliphatic rings. The van der Waals surface area contributed by atoms with E-state index in [0.717, 1.165) is 40.2 Å². The normalized spacial score (nSPS) is 20.8. The van der Waals surface area contributed by atoms with Crippen molar-refractivity contribution in [3.63, 3.8) is 0 Å². The molecule has 7 nitrogen and oxygen atoms in total. The number of hydrogen-bond donors (Lipinski definition) is 2. The predicted molar refractivity (Wildman–Crippen MR) is 120 cm³/mol. The summed E-state index contributed by atoms with van der Waals surface area (Å²) in [6.45, 7) is 3.71. The average Bonchev–Trinajstić information content (AvgIpc) is 3.02. The highest BCUT2D eigenvalue weighted by atomic mass is 16.5. The van der Waals surface area contributed by atoms with E-state index in [2.05, 4.69) is 10.6 Å². The number of urea groups is 1. The minimum absolute atomic E-state index is 0.118. The van der Waals surface area contributed by atoms with Gasteiger partial charge in [0.25, 0.3) is 5.91 Å². The Bertz CT molecular complexity index is 1030. The maximum Gasteiger partial charge on any atom is 0.325 e. The van der Waals surface area contributed by atoms with Gasteiger partial charge in [-0.05, 0) is 54.0 Å². The third-order valence-corrected chi connectivity index (χ3v) is 6.41. The molecule has 2 aromatic carbocycles. The van der Waals surface area contributed by atoms with Crippen LogP contribution in [-0.4, -0.2) is 36.4 Å². The molecular weight excluding hydrogens is 406 g/mol. The SMILES string of the molecule is COc1ccc(C(NC(=O)CN2C(=O)NC3(CCCc4ccccc43)C2=O)C(C)C)cc1. The number of hydrogen-bond acceptors (Lipinski definition) is 4. The van der Waals surface area contributed by atoms with Gasteiger partial charge in [-0.25, -0.2) is 4.79 Å². The molecule has 0 bridgehead atoms. The molecule has 2 atom stereocenters. The first-order valence-corrected chi connectivity index (χ1v) is 11.0. The molecule has 1 aliphatic carbocycles. The Morgan fingerprint density at radius 2 is 1.88 bits per heavy atom. The van der Waals surface area contributed by atoms with Gasteiger partial charge in [0.05, 0.1) is 13.2 Å². The van der Waals surface area contributed by atoms with Gasteiger partial charge in [0.2, 0.25) is 5.91 Å². The molecule has 1 heterocycles. The molecule has 32 heavy (non-hydrogen) atoms.